The summed E-state index contributed by atoms with van der Waals surface area (Å²) >= 11 is 0. The van der Waals surface area contributed by atoms with Crippen LogP contribution in [0.5, 0.6) is 0 Å². The zero-order valence-corrected chi connectivity index (χ0v) is 15.7. The summed E-state index contributed by atoms with van der Waals surface area (Å²) in [6.07, 6.45) is -0.696. The second-order valence-electron chi connectivity index (χ2n) is 6.41. The Hall–Kier alpha value is -3.12. The summed E-state index contributed by atoms with van der Waals surface area (Å²) < 4.78 is 22.4. The quantitative estimate of drug-likeness (QED) is 0.711. The van der Waals surface area contributed by atoms with Gasteiger partial charge in [0.15, 0.2) is 18.0 Å². The molecule has 0 aromatic heterocycles. The van der Waals surface area contributed by atoms with Gasteiger partial charge < -0.3 is 18.9 Å². The fourth-order valence-electron chi connectivity index (χ4n) is 2.84. The van der Waals surface area contributed by atoms with E-state index < -0.39 is 30.3 Å². The molecule has 1 aliphatic rings. The Labute approximate surface area is 163 Å². The predicted octanol–water partition coefficient (Wildman–Crippen LogP) is 3.62. The molecule has 0 aliphatic carbocycles. The van der Waals surface area contributed by atoms with E-state index >= 15 is 0 Å². The Bertz CT molecular complexity index is 831. The molecule has 146 valence electrons. The van der Waals surface area contributed by atoms with Crippen molar-refractivity contribution in [2.45, 2.75) is 38.8 Å². The van der Waals surface area contributed by atoms with Gasteiger partial charge in [0.25, 0.3) is 0 Å². The van der Waals surface area contributed by atoms with Crippen molar-refractivity contribution in [3.8, 4) is 0 Å². The molecule has 6 nitrogen and oxygen atoms in total. The van der Waals surface area contributed by atoms with Crippen LogP contribution in [0.3, 0.4) is 0 Å². The van der Waals surface area contributed by atoms with Crippen molar-refractivity contribution < 1.29 is 28.5 Å². The summed E-state index contributed by atoms with van der Waals surface area (Å²) in [5, 5.41) is 0. The van der Waals surface area contributed by atoms with Crippen LogP contribution in [0.15, 0.2) is 72.7 Å². The van der Waals surface area contributed by atoms with Gasteiger partial charge in [-0.15, -0.1) is 0 Å². The number of rotatable bonds is 6. The van der Waals surface area contributed by atoms with E-state index in [1.54, 1.807) is 31.2 Å². The van der Waals surface area contributed by atoms with Crippen molar-refractivity contribution in [1.82, 2.24) is 0 Å². The molecule has 0 spiro atoms. The summed E-state index contributed by atoms with van der Waals surface area (Å²) in [5.74, 6) is -0.836. The lowest BCUT2D eigenvalue weighted by atomic mass is 10.0. The maximum absolute atomic E-state index is 12.5. The number of hydrogen-bond acceptors (Lipinski definition) is 6. The van der Waals surface area contributed by atoms with Gasteiger partial charge in [0.1, 0.15) is 12.4 Å². The van der Waals surface area contributed by atoms with Gasteiger partial charge in [0, 0.05) is 6.92 Å². The average Bonchev–Trinajstić information content (AvgIpc) is 2.71. The van der Waals surface area contributed by atoms with Gasteiger partial charge in [0.05, 0.1) is 12.2 Å². The summed E-state index contributed by atoms with van der Waals surface area (Å²) in [6.45, 7) is 3.32. The molecule has 0 saturated carbocycles. The first-order valence-electron chi connectivity index (χ1n) is 9.00. The van der Waals surface area contributed by atoms with Crippen LogP contribution < -0.4 is 0 Å². The van der Waals surface area contributed by atoms with Crippen LogP contribution in [0, 0.1) is 0 Å². The third-order valence-corrected chi connectivity index (χ3v) is 4.23. The molecule has 3 rings (SSSR count). The van der Waals surface area contributed by atoms with Crippen molar-refractivity contribution in [2.24, 2.45) is 0 Å². The third-order valence-electron chi connectivity index (χ3n) is 4.23. The van der Waals surface area contributed by atoms with Crippen molar-refractivity contribution in [3.05, 3.63) is 83.8 Å². The van der Waals surface area contributed by atoms with Crippen molar-refractivity contribution >= 4 is 11.9 Å². The van der Waals surface area contributed by atoms with E-state index in [1.807, 2.05) is 36.4 Å². The van der Waals surface area contributed by atoms with Crippen LogP contribution >= 0.6 is 0 Å². The van der Waals surface area contributed by atoms with E-state index in [9.17, 15) is 9.59 Å². The third kappa shape index (κ3) is 4.98. The number of hydrogen-bond donors (Lipinski definition) is 0. The molecule has 0 saturated heterocycles. The van der Waals surface area contributed by atoms with Gasteiger partial charge in [-0.2, -0.15) is 0 Å². The molecule has 0 fully saturated rings. The maximum Gasteiger partial charge on any atom is 0.338 e. The Morgan fingerprint density at radius 1 is 1.00 bits per heavy atom. The molecule has 6 heteroatoms. The topological polar surface area (TPSA) is 71.1 Å². The largest absolute Gasteiger partial charge is 0.491 e. The van der Waals surface area contributed by atoms with Crippen LogP contribution in [0.1, 0.15) is 29.8 Å². The van der Waals surface area contributed by atoms with E-state index in [1.165, 1.54) is 13.2 Å². The number of carbonyl (C=O) groups is 2. The molecule has 0 unspecified atom stereocenters. The highest BCUT2D eigenvalue weighted by molar-refractivity contribution is 5.89. The first-order chi connectivity index (χ1) is 13.5. The number of ether oxygens (including phenoxy) is 4. The average molecular weight is 382 g/mol. The molecular weight excluding hydrogens is 360 g/mol. The smallest absolute Gasteiger partial charge is 0.338 e. The van der Waals surface area contributed by atoms with Crippen molar-refractivity contribution in [3.63, 3.8) is 0 Å². The zero-order valence-electron chi connectivity index (χ0n) is 15.7. The lowest BCUT2D eigenvalue weighted by molar-refractivity contribution is -0.150. The fraction of sp³-hybridized carbons (Fsp3) is 0.273. The first-order valence-corrected chi connectivity index (χ1v) is 9.00. The fourth-order valence-corrected chi connectivity index (χ4v) is 2.84. The molecule has 2 aromatic rings. The van der Waals surface area contributed by atoms with Crippen LogP contribution in [-0.4, -0.2) is 30.3 Å². The minimum atomic E-state index is -0.782. The monoisotopic (exact) mass is 382 g/mol. The van der Waals surface area contributed by atoms with Crippen molar-refractivity contribution in [2.75, 3.05) is 0 Å². The number of esters is 2. The second-order valence-corrected chi connectivity index (χ2v) is 6.41. The van der Waals surface area contributed by atoms with Crippen LogP contribution in [0.25, 0.3) is 0 Å². The zero-order chi connectivity index (χ0) is 19.9. The molecule has 0 bridgehead atoms. The molecule has 28 heavy (non-hydrogen) atoms. The predicted molar refractivity (Wildman–Crippen MR) is 101 cm³/mol. The summed E-state index contributed by atoms with van der Waals surface area (Å²) in [4.78, 5) is 24.0. The molecule has 1 heterocycles. The highest BCUT2D eigenvalue weighted by Crippen LogP contribution is 2.27. The molecule has 0 amide bonds. The minimum absolute atomic E-state index is 0.174. The second kappa shape index (κ2) is 9.19. The van der Waals surface area contributed by atoms with Crippen LogP contribution in [-0.2, 0) is 30.3 Å². The van der Waals surface area contributed by atoms with E-state index in [-0.39, 0.29) is 12.4 Å². The highest BCUT2D eigenvalue weighted by Gasteiger charge is 2.40. The van der Waals surface area contributed by atoms with Crippen LogP contribution in [0.2, 0.25) is 0 Å². The Balaban J connectivity index is 1.80. The van der Waals surface area contributed by atoms with Gasteiger partial charge in [-0.05, 0) is 24.6 Å². The molecule has 3 atom stereocenters. The highest BCUT2D eigenvalue weighted by atomic mass is 16.6. The van der Waals surface area contributed by atoms with Crippen molar-refractivity contribution in [1.29, 1.82) is 0 Å². The standard InChI is InChI=1S/C22H22O6/c1-15-20(28-22(24)18-11-7-4-8-12-18)21(19(14-25-15)27-16(2)23)26-13-17-9-5-3-6-10-17/h3-12,14-15,20-21H,13H2,1-2H3/t15-,20-,21-/m0/s1. The molecule has 2 aromatic carbocycles. The van der Waals surface area contributed by atoms with Gasteiger partial charge in [-0.3, -0.25) is 4.79 Å². The first kappa shape index (κ1) is 19.6. The Kier molecular flexibility index (Phi) is 6.45. The minimum Gasteiger partial charge on any atom is -0.491 e. The van der Waals surface area contributed by atoms with Gasteiger partial charge in [-0.25, -0.2) is 4.79 Å². The molecular formula is C22H22O6. The lowest BCUT2D eigenvalue weighted by Gasteiger charge is -2.35. The van der Waals surface area contributed by atoms with E-state index in [4.69, 9.17) is 18.9 Å². The van der Waals surface area contributed by atoms with Gasteiger partial charge in [-0.1, -0.05) is 48.5 Å². The van der Waals surface area contributed by atoms with Gasteiger partial charge in [0.2, 0.25) is 0 Å². The number of benzene rings is 2. The Morgan fingerprint density at radius 2 is 1.64 bits per heavy atom. The Morgan fingerprint density at radius 3 is 2.29 bits per heavy atom. The SMILES string of the molecule is CC(=O)OC1=CO[C@@H](C)[C@H](OC(=O)c2ccccc2)[C@H]1OCc1ccccc1. The summed E-state index contributed by atoms with van der Waals surface area (Å²) in [6, 6.07) is 18.2. The normalized spacial score (nSPS) is 21.2. The van der Waals surface area contributed by atoms with E-state index in [2.05, 4.69) is 0 Å². The summed E-state index contributed by atoms with van der Waals surface area (Å²) in [7, 11) is 0. The molecule has 0 radical (unpaired) electrons. The molecule has 1 aliphatic heterocycles. The summed E-state index contributed by atoms with van der Waals surface area (Å²) in [5.41, 5.74) is 1.36. The maximum atomic E-state index is 12.5. The van der Waals surface area contributed by atoms with E-state index in [0.717, 1.165) is 5.56 Å². The van der Waals surface area contributed by atoms with Crippen LogP contribution in [0.4, 0.5) is 0 Å². The number of carbonyl (C=O) groups excluding carboxylic acids is 2. The molecule has 0 N–H and O–H groups in total. The van der Waals surface area contributed by atoms with Gasteiger partial charge >= 0.3 is 11.9 Å². The lowest BCUT2D eigenvalue weighted by Crippen LogP contribution is -2.46. The van der Waals surface area contributed by atoms with E-state index in [0.29, 0.717) is 5.56 Å².